The molecule has 0 saturated carbocycles. The molecule has 0 aliphatic carbocycles. The second-order valence-electron chi connectivity index (χ2n) is 28.5. The number of aromatic nitrogens is 9. The van der Waals surface area contributed by atoms with E-state index in [0.717, 1.165) is 83.3 Å². The Morgan fingerprint density at radius 3 is 0.911 bits per heavy atom. The summed E-state index contributed by atoms with van der Waals surface area (Å²) in [5, 5.41) is 9.63. The standard InChI is InChI=1S/C52H34N4.C51H34N5/c1-3-13-35(14-4-1)36-23-25-37(26-24-36)42-17-7-8-18-43(42)40-33-53-52(54-34-40)56-49-22-12-10-20-45(49)47-32-39(28-30-51(47)56)38-27-29-50-46(31-38)44-19-9-11-21-48(44)55(50)41-15-5-2-6-16-41;1-3-13-35(14-4-1)36-15-11-16-37(29-36)38-17-12-20-42(30-38)54-33-52-51(53-34-54)56-48-24-10-8-22-44(48)46-32-40(26-28-50(46)56)39-25-27-49-45(31-39)43-21-7-9-23-47(43)55(49)41-18-5-2-6-19-41/h2*1-34H/q;+1. The van der Waals surface area contributed by atoms with Gasteiger partial charge in [0.1, 0.15) is 5.69 Å². The van der Waals surface area contributed by atoms with Gasteiger partial charge in [-0.1, -0.05) is 283 Å². The molecule has 9 heteroatoms. The average molecular weight is 1430 g/mol. The molecule has 0 unspecified atom stereocenters. The molecule has 0 aliphatic rings. The van der Waals surface area contributed by atoms with Gasteiger partial charge in [-0.2, -0.15) is 0 Å². The summed E-state index contributed by atoms with van der Waals surface area (Å²) in [6, 6.07) is 138. The van der Waals surface area contributed by atoms with Crippen LogP contribution in [0, 0.1) is 0 Å². The van der Waals surface area contributed by atoms with Gasteiger partial charge in [-0.15, -0.1) is 0 Å². The maximum atomic E-state index is 5.01. The highest BCUT2D eigenvalue weighted by atomic mass is 15.2. The van der Waals surface area contributed by atoms with Crippen molar-refractivity contribution in [1.29, 1.82) is 0 Å². The molecule has 16 aromatic carbocycles. The number of hydrogen-bond donors (Lipinski definition) is 0. The Morgan fingerprint density at radius 1 is 0.179 bits per heavy atom. The van der Waals surface area contributed by atoms with Crippen LogP contribution in [-0.4, -0.2) is 38.2 Å². The Morgan fingerprint density at radius 2 is 0.464 bits per heavy atom. The summed E-state index contributed by atoms with van der Waals surface area (Å²) >= 11 is 0. The maximum Gasteiger partial charge on any atom is 0.386 e. The third kappa shape index (κ3) is 11.5. The molecule has 9 nitrogen and oxygen atoms in total. The lowest BCUT2D eigenvalue weighted by Gasteiger charge is -2.12. The molecule has 22 aromatic rings. The SMILES string of the molecule is c1ccc(-c2ccc(-c3ccccc3-c3cnc(-n4c5ccccc5c5cc(-c6ccc7c(c6)c6ccccc6n7-c6ccccc6)ccc54)nc3)cc2)cc1.c1ccc(-c2cccc(-c3cccc(-[n+]4cnc(-n5c6ccccc6c6cc(-c7ccc8c(c7)c7ccccc7n8-c7ccccc7)ccc65)nc4)c3)c2)cc1. The van der Waals surface area contributed by atoms with Crippen molar-refractivity contribution in [3.8, 4) is 107 Å². The first kappa shape index (κ1) is 65.1. The highest BCUT2D eigenvalue weighted by molar-refractivity contribution is 6.15. The summed E-state index contributed by atoms with van der Waals surface area (Å²) in [5.74, 6) is 1.27. The largest absolute Gasteiger partial charge is 0.386 e. The van der Waals surface area contributed by atoms with Crippen LogP contribution in [0.25, 0.3) is 194 Å². The molecule has 6 heterocycles. The lowest BCUT2D eigenvalue weighted by molar-refractivity contribution is -0.602. The molecule has 0 atom stereocenters. The molecule has 0 bridgehead atoms. The number of nitrogens with zero attached hydrogens (tertiary/aromatic N) is 9. The molecule has 6 aromatic heterocycles. The van der Waals surface area contributed by atoms with Crippen molar-refractivity contribution < 1.29 is 4.57 Å². The summed E-state index contributed by atoms with van der Waals surface area (Å²) in [6.45, 7) is 0. The first-order valence-corrected chi connectivity index (χ1v) is 37.9. The molecule has 0 N–H and O–H groups in total. The zero-order valence-electron chi connectivity index (χ0n) is 60.8. The zero-order valence-corrected chi connectivity index (χ0v) is 60.8. The number of benzene rings is 16. The number of rotatable bonds is 12. The van der Waals surface area contributed by atoms with E-state index in [-0.39, 0.29) is 0 Å². The molecule has 0 amide bonds. The van der Waals surface area contributed by atoms with Crippen LogP contribution in [0.2, 0.25) is 0 Å². The van der Waals surface area contributed by atoms with Crippen molar-refractivity contribution in [3.05, 3.63) is 413 Å². The Labute approximate surface area is 646 Å². The van der Waals surface area contributed by atoms with Crippen molar-refractivity contribution in [2.24, 2.45) is 0 Å². The van der Waals surface area contributed by atoms with Crippen LogP contribution in [0.15, 0.2) is 413 Å². The van der Waals surface area contributed by atoms with E-state index in [2.05, 4.69) is 394 Å². The fourth-order valence-corrected chi connectivity index (χ4v) is 16.7. The monoisotopic (exact) mass is 1430 g/mol. The van der Waals surface area contributed by atoms with Gasteiger partial charge in [-0.25, -0.2) is 19.1 Å². The number of fused-ring (bicyclic) bond motifs is 12. The molecule has 524 valence electrons. The highest BCUT2D eigenvalue weighted by Crippen LogP contribution is 2.42. The molecule has 0 spiro atoms. The molecule has 0 saturated heterocycles. The van der Waals surface area contributed by atoms with Crippen LogP contribution in [0.1, 0.15) is 0 Å². The molecule has 0 aliphatic heterocycles. The first-order valence-electron chi connectivity index (χ1n) is 37.9. The summed E-state index contributed by atoms with van der Waals surface area (Å²) in [6.07, 6.45) is 7.63. The van der Waals surface area contributed by atoms with E-state index < -0.39 is 0 Å². The molecule has 22 rings (SSSR count). The van der Waals surface area contributed by atoms with Crippen molar-refractivity contribution in [2.45, 2.75) is 0 Å². The lowest BCUT2D eigenvalue weighted by Crippen LogP contribution is -2.32. The van der Waals surface area contributed by atoms with Crippen LogP contribution in [0.3, 0.4) is 0 Å². The van der Waals surface area contributed by atoms with E-state index in [1.54, 1.807) is 0 Å². The summed E-state index contributed by atoms with van der Waals surface area (Å²) in [5.41, 5.74) is 28.6. The summed E-state index contributed by atoms with van der Waals surface area (Å²) in [7, 11) is 0. The topological polar surface area (TPSA) is 75.2 Å². The van der Waals surface area contributed by atoms with E-state index in [1.807, 2.05) is 41.7 Å². The minimum atomic E-state index is 0.627. The minimum Gasteiger partial charge on any atom is -0.309 e. The van der Waals surface area contributed by atoms with Gasteiger partial charge < -0.3 is 9.13 Å². The van der Waals surface area contributed by atoms with Gasteiger partial charge in [0.2, 0.25) is 18.6 Å². The van der Waals surface area contributed by atoms with Crippen molar-refractivity contribution in [1.82, 2.24) is 38.2 Å². The predicted molar refractivity (Wildman–Crippen MR) is 461 cm³/mol. The minimum absolute atomic E-state index is 0.627. The van der Waals surface area contributed by atoms with Gasteiger partial charge in [0, 0.05) is 72.4 Å². The van der Waals surface area contributed by atoms with E-state index in [1.165, 1.54) is 98.9 Å². The smallest absolute Gasteiger partial charge is 0.309 e. The fourth-order valence-electron chi connectivity index (χ4n) is 16.7. The Hall–Kier alpha value is -15.2. The van der Waals surface area contributed by atoms with Crippen LogP contribution >= 0.6 is 0 Å². The van der Waals surface area contributed by atoms with Crippen molar-refractivity contribution in [2.75, 3.05) is 0 Å². The molecular weight excluding hydrogens is 1360 g/mol. The number of hydrogen-bond acceptors (Lipinski definition) is 4. The Bertz CT molecular complexity index is 7330. The molecule has 112 heavy (non-hydrogen) atoms. The highest BCUT2D eigenvalue weighted by Gasteiger charge is 2.23. The third-order valence-electron chi connectivity index (χ3n) is 22.0. The van der Waals surface area contributed by atoms with Crippen molar-refractivity contribution in [3.63, 3.8) is 0 Å². The van der Waals surface area contributed by atoms with E-state index >= 15 is 0 Å². The predicted octanol–water partition coefficient (Wildman–Crippen LogP) is 25.3. The van der Waals surface area contributed by atoms with Gasteiger partial charge in [0.15, 0.2) is 0 Å². The van der Waals surface area contributed by atoms with E-state index in [4.69, 9.17) is 19.9 Å². The van der Waals surface area contributed by atoms with Crippen LogP contribution in [-0.2, 0) is 0 Å². The third-order valence-corrected chi connectivity index (χ3v) is 22.0. The van der Waals surface area contributed by atoms with Crippen LogP contribution in [0.4, 0.5) is 0 Å². The van der Waals surface area contributed by atoms with Gasteiger partial charge in [-0.05, 0) is 188 Å². The summed E-state index contributed by atoms with van der Waals surface area (Å²) in [4.78, 5) is 19.9. The number of para-hydroxylation sites is 6. The van der Waals surface area contributed by atoms with Gasteiger partial charge in [0.05, 0.1) is 44.1 Å². The Kier molecular flexibility index (Phi) is 16.0. The van der Waals surface area contributed by atoms with E-state index in [9.17, 15) is 0 Å². The fraction of sp³-hybridized carbons (Fsp3) is 0. The van der Waals surface area contributed by atoms with Crippen molar-refractivity contribution >= 4 is 87.2 Å². The molecular formula is C103H68N9+. The zero-order chi connectivity index (χ0) is 74.0. The van der Waals surface area contributed by atoms with Crippen LogP contribution < -0.4 is 4.57 Å². The maximum absolute atomic E-state index is 5.01. The normalized spacial score (nSPS) is 11.6. The van der Waals surface area contributed by atoms with Gasteiger partial charge in [0.25, 0.3) is 0 Å². The van der Waals surface area contributed by atoms with E-state index in [0.29, 0.717) is 11.9 Å². The van der Waals surface area contributed by atoms with Gasteiger partial charge >= 0.3 is 5.95 Å². The second kappa shape index (κ2) is 27.5. The van der Waals surface area contributed by atoms with Crippen LogP contribution in [0.5, 0.6) is 0 Å². The average Bonchev–Trinajstić information content (AvgIpc) is 1.60. The Balaban J connectivity index is 0.000000141. The second-order valence-corrected chi connectivity index (χ2v) is 28.5. The first-order chi connectivity index (χ1) is 55.5. The molecule has 0 radical (unpaired) electrons. The quantitative estimate of drug-likeness (QED) is 0.114. The van der Waals surface area contributed by atoms with Gasteiger partial charge in [-0.3, -0.25) is 4.57 Å². The lowest BCUT2D eigenvalue weighted by atomic mass is 9.94. The molecule has 0 fully saturated rings. The summed E-state index contributed by atoms with van der Waals surface area (Å²) < 4.78 is 11.0.